The van der Waals surface area contributed by atoms with Crippen molar-refractivity contribution in [3.05, 3.63) is 71.8 Å². The summed E-state index contributed by atoms with van der Waals surface area (Å²) in [6.45, 7) is 5.46. The van der Waals surface area contributed by atoms with Gasteiger partial charge >= 0.3 is 0 Å². The monoisotopic (exact) mass is 366 g/mol. The Morgan fingerprint density at radius 3 is 1.41 bits per heavy atom. The predicted molar refractivity (Wildman–Crippen MR) is 110 cm³/mol. The van der Waals surface area contributed by atoms with E-state index < -0.39 is 0 Å². The van der Waals surface area contributed by atoms with Crippen LogP contribution in [0.5, 0.6) is 0 Å². The number of nitrogens with one attached hydrogen (secondary N) is 2. The molecule has 2 rings (SSSR count). The molecule has 0 aromatic heterocycles. The number of carbonyl (C=O) groups excluding carboxylic acids is 2. The number of carbonyl (C=O) groups is 2. The van der Waals surface area contributed by atoms with Crippen LogP contribution in [0.3, 0.4) is 0 Å². The van der Waals surface area contributed by atoms with Gasteiger partial charge in [-0.15, -0.1) is 0 Å². The molecule has 2 N–H and O–H groups in total. The van der Waals surface area contributed by atoms with Crippen molar-refractivity contribution in [2.45, 2.75) is 45.2 Å². The lowest BCUT2D eigenvalue weighted by molar-refractivity contribution is 0.0945. The van der Waals surface area contributed by atoms with E-state index >= 15 is 0 Å². The summed E-state index contributed by atoms with van der Waals surface area (Å²) < 4.78 is 0. The van der Waals surface area contributed by atoms with Gasteiger partial charge in [-0.1, -0.05) is 67.1 Å². The van der Waals surface area contributed by atoms with E-state index in [2.05, 4.69) is 10.6 Å². The van der Waals surface area contributed by atoms with Gasteiger partial charge in [-0.25, -0.2) is 0 Å². The second kappa shape index (κ2) is 11.4. The van der Waals surface area contributed by atoms with Gasteiger partial charge in [0.2, 0.25) is 0 Å². The highest BCUT2D eigenvalue weighted by atomic mass is 16.1. The van der Waals surface area contributed by atoms with E-state index in [1.165, 1.54) is 0 Å². The van der Waals surface area contributed by atoms with Crippen LogP contribution in [0.2, 0.25) is 0 Å². The second-order valence-corrected chi connectivity index (χ2v) is 6.87. The molecule has 144 valence electrons. The Hall–Kier alpha value is -2.30. The summed E-state index contributed by atoms with van der Waals surface area (Å²) in [5.41, 5.74) is 1.50. The van der Waals surface area contributed by atoms with Crippen molar-refractivity contribution in [1.29, 1.82) is 0 Å². The fraction of sp³-hybridized carbons (Fsp3) is 0.391. The molecule has 2 atom stereocenters. The second-order valence-electron chi connectivity index (χ2n) is 6.87. The summed E-state index contributed by atoms with van der Waals surface area (Å²) in [5.74, 6) is 0.260. The summed E-state index contributed by atoms with van der Waals surface area (Å²) in [7, 11) is 0. The zero-order valence-corrected chi connectivity index (χ0v) is 16.3. The number of ketones is 2. The molecule has 0 unspecified atom stereocenters. The average molecular weight is 367 g/mol. The van der Waals surface area contributed by atoms with Gasteiger partial charge in [-0.05, 0) is 39.8 Å². The highest BCUT2D eigenvalue weighted by Gasteiger charge is 2.14. The molecule has 0 aliphatic heterocycles. The van der Waals surface area contributed by atoms with E-state index in [9.17, 15) is 9.59 Å². The van der Waals surface area contributed by atoms with E-state index in [4.69, 9.17) is 0 Å². The lowest BCUT2D eigenvalue weighted by Gasteiger charge is -2.14. The Labute approximate surface area is 162 Å². The first-order chi connectivity index (χ1) is 13.1. The van der Waals surface area contributed by atoms with Crippen LogP contribution in [0.4, 0.5) is 0 Å². The quantitative estimate of drug-likeness (QED) is 0.442. The van der Waals surface area contributed by atoms with Gasteiger partial charge in [-0.3, -0.25) is 9.59 Å². The van der Waals surface area contributed by atoms with Crippen LogP contribution in [-0.4, -0.2) is 36.7 Å². The molecule has 0 heterocycles. The minimum Gasteiger partial charge on any atom is -0.307 e. The standard InChI is InChI=1S/C23H30N2O2/c1-18(22(26)20-12-6-3-7-13-20)24-16-10-5-11-17-25-19(2)23(27)21-14-8-4-9-15-21/h3-4,6-9,12-15,18-19,24-25H,5,10-11,16-17H2,1-2H3/t18-,19-/m0/s1. The van der Waals surface area contributed by atoms with Crippen LogP contribution < -0.4 is 10.6 Å². The molecule has 0 saturated heterocycles. The zero-order valence-electron chi connectivity index (χ0n) is 16.3. The Morgan fingerprint density at radius 1 is 0.667 bits per heavy atom. The Morgan fingerprint density at radius 2 is 1.04 bits per heavy atom. The lowest BCUT2D eigenvalue weighted by atomic mass is 10.1. The summed E-state index contributed by atoms with van der Waals surface area (Å²) in [5, 5.41) is 6.59. The van der Waals surface area contributed by atoms with Crippen LogP contribution in [0.25, 0.3) is 0 Å². The van der Waals surface area contributed by atoms with Gasteiger partial charge in [0, 0.05) is 11.1 Å². The van der Waals surface area contributed by atoms with E-state index in [0.717, 1.165) is 43.5 Å². The molecular formula is C23H30N2O2. The third-order valence-electron chi connectivity index (χ3n) is 4.66. The molecule has 0 aliphatic rings. The normalized spacial score (nSPS) is 13.1. The zero-order chi connectivity index (χ0) is 19.5. The van der Waals surface area contributed by atoms with Gasteiger partial charge in [0.1, 0.15) is 0 Å². The molecule has 0 saturated carbocycles. The van der Waals surface area contributed by atoms with Crippen molar-refractivity contribution in [3.63, 3.8) is 0 Å². The first-order valence-electron chi connectivity index (χ1n) is 9.75. The fourth-order valence-electron chi connectivity index (χ4n) is 2.95. The number of hydrogen-bond acceptors (Lipinski definition) is 4. The number of rotatable bonds is 12. The molecule has 0 amide bonds. The highest BCUT2D eigenvalue weighted by Crippen LogP contribution is 2.05. The van der Waals surface area contributed by atoms with Gasteiger partial charge in [0.25, 0.3) is 0 Å². The maximum absolute atomic E-state index is 12.3. The first kappa shape index (κ1) is 21.0. The highest BCUT2D eigenvalue weighted by molar-refractivity contribution is 6.00. The summed E-state index contributed by atoms with van der Waals surface area (Å²) in [4.78, 5) is 24.5. The molecular weight excluding hydrogens is 336 g/mol. The summed E-state index contributed by atoms with van der Waals surface area (Å²) in [6, 6.07) is 18.4. The van der Waals surface area contributed by atoms with Gasteiger partial charge in [0.15, 0.2) is 11.6 Å². The van der Waals surface area contributed by atoms with E-state index in [-0.39, 0.29) is 23.7 Å². The minimum absolute atomic E-state index is 0.130. The van der Waals surface area contributed by atoms with Gasteiger partial charge in [0.05, 0.1) is 12.1 Å². The van der Waals surface area contributed by atoms with Crippen molar-refractivity contribution >= 4 is 11.6 Å². The molecule has 2 aromatic rings. The minimum atomic E-state index is -0.172. The van der Waals surface area contributed by atoms with E-state index in [0.29, 0.717) is 0 Å². The van der Waals surface area contributed by atoms with Crippen LogP contribution in [0.1, 0.15) is 53.8 Å². The van der Waals surface area contributed by atoms with Gasteiger partial charge < -0.3 is 10.6 Å². The van der Waals surface area contributed by atoms with Crippen molar-refractivity contribution in [2.24, 2.45) is 0 Å². The third-order valence-corrected chi connectivity index (χ3v) is 4.66. The molecule has 0 radical (unpaired) electrons. The fourth-order valence-corrected chi connectivity index (χ4v) is 2.95. The van der Waals surface area contributed by atoms with Crippen molar-refractivity contribution in [3.8, 4) is 0 Å². The summed E-state index contributed by atoms with van der Waals surface area (Å²) >= 11 is 0. The Balaban J connectivity index is 1.56. The van der Waals surface area contributed by atoms with E-state index in [1.54, 1.807) is 0 Å². The lowest BCUT2D eigenvalue weighted by Crippen LogP contribution is -2.35. The predicted octanol–water partition coefficient (Wildman–Crippen LogP) is 3.88. The van der Waals surface area contributed by atoms with Gasteiger partial charge in [-0.2, -0.15) is 0 Å². The molecule has 0 bridgehead atoms. The van der Waals surface area contributed by atoms with Crippen LogP contribution >= 0.6 is 0 Å². The Kier molecular flexibility index (Phi) is 8.89. The smallest absolute Gasteiger partial charge is 0.179 e. The molecule has 4 nitrogen and oxygen atoms in total. The number of unbranched alkanes of at least 4 members (excludes halogenated alkanes) is 2. The third kappa shape index (κ3) is 7.08. The van der Waals surface area contributed by atoms with Crippen molar-refractivity contribution in [2.75, 3.05) is 13.1 Å². The molecule has 2 aromatic carbocycles. The SMILES string of the molecule is C[C@H](NCCCCCN[C@@H](C)C(=O)c1ccccc1)C(=O)c1ccccc1. The van der Waals surface area contributed by atoms with Crippen LogP contribution in [0, 0.1) is 0 Å². The van der Waals surface area contributed by atoms with Crippen LogP contribution in [-0.2, 0) is 0 Å². The first-order valence-corrected chi connectivity index (χ1v) is 9.75. The number of hydrogen-bond donors (Lipinski definition) is 2. The van der Waals surface area contributed by atoms with Crippen molar-refractivity contribution < 1.29 is 9.59 Å². The average Bonchev–Trinajstić information content (AvgIpc) is 2.72. The van der Waals surface area contributed by atoms with Crippen LogP contribution in [0.15, 0.2) is 60.7 Å². The summed E-state index contributed by atoms with van der Waals surface area (Å²) in [6.07, 6.45) is 3.07. The topological polar surface area (TPSA) is 58.2 Å². The molecule has 0 spiro atoms. The molecule has 4 heteroatoms. The van der Waals surface area contributed by atoms with Crippen molar-refractivity contribution in [1.82, 2.24) is 10.6 Å². The molecule has 0 aliphatic carbocycles. The van der Waals surface area contributed by atoms with E-state index in [1.807, 2.05) is 74.5 Å². The largest absolute Gasteiger partial charge is 0.307 e. The Bertz CT molecular complexity index is 639. The molecule has 0 fully saturated rings. The molecule has 27 heavy (non-hydrogen) atoms. The number of Topliss-reactive ketones (excluding diaryl/α,β-unsaturated/α-hetero) is 2. The maximum atomic E-state index is 12.3. The number of benzene rings is 2. The maximum Gasteiger partial charge on any atom is 0.179 e.